The highest BCUT2D eigenvalue weighted by Crippen LogP contribution is 2.40. The van der Waals surface area contributed by atoms with E-state index in [1.165, 1.54) is 51.0 Å². The molecule has 0 radical (unpaired) electrons. The normalized spacial score (nSPS) is 28.5. The molecule has 0 spiro atoms. The van der Waals surface area contributed by atoms with Crippen LogP contribution in [-0.2, 0) is 0 Å². The van der Waals surface area contributed by atoms with Crippen LogP contribution in [0.3, 0.4) is 0 Å². The minimum absolute atomic E-state index is 0.742. The van der Waals surface area contributed by atoms with Crippen molar-refractivity contribution in [1.82, 2.24) is 10.2 Å². The van der Waals surface area contributed by atoms with Gasteiger partial charge in [-0.05, 0) is 56.9 Å². The van der Waals surface area contributed by atoms with Gasteiger partial charge < -0.3 is 10.2 Å². The lowest BCUT2D eigenvalue weighted by Crippen LogP contribution is -2.37. The zero-order valence-corrected chi connectivity index (χ0v) is 12.0. The Balaban J connectivity index is 1.38. The predicted molar refractivity (Wildman–Crippen MR) is 80.4 cm³/mol. The van der Waals surface area contributed by atoms with E-state index in [0.29, 0.717) is 0 Å². The van der Waals surface area contributed by atoms with Gasteiger partial charge in [-0.3, -0.25) is 0 Å². The number of likely N-dealkylation sites (tertiary alicyclic amines) is 1. The molecule has 1 heterocycles. The van der Waals surface area contributed by atoms with E-state index >= 15 is 0 Å². The molecule has 0 amide bonds. The third kappa shape index (κ3) is 3.37. The summed E-state index contributed by atoms with van der Waals surface area (Å²) in [6, 6.07) is 11.7. The topological polar surface area (TPSA) is 15.3 Å². The van der Waals surface area contributed by atoms with Gasteiger partial charge in [-0.2, -0.15) is 0 Å². The Bertz CT molecular complexity index is 382. The molecule has 2 unspecified atom stereocenters. The molecule has 3 rings (SSSR count). The molecule has 2 atom stereocenters. The molecule has 2 heteroatoms. The largest absolute Gasteiger partial charge is 0.313 e. The fourth-order valence-electron chi connectivity index (χ4n) is 3.31. The molecule has 1 aromatic carbocycles. The molecule has 0 aromatic heterocycles. The standard InChI is InChI=1S/C17H26N2/c1-2-19-10-8-14(9-11-19)13-18-17-12-16(17)15-6-4-3-5-7-15/h3-7,14,16-18H,2,8-13H2,1H3. The third-order valence-corrected chi connectivity index (χ3v) is 4.84. The first-order valence-electron chi connectivity index (χ1n) is 7.87. The number of nitrogens with one attached hydrogen (secondary N) is 1. The van der Waals surface area contributed by atoms with Gasteiger partial charge in [0.25, 0.3) is 0 Å². The van der Waals surface area contributed by atoms with Crippen molar-refractivity contribution in [3.63, 3.8) is 0 Å². The van der Waals surface area contributed by atoms with E-state index in [2.05, 4.69) is 47.5 Å². The second kappa shape index (κ2) is 6.06. The molecule has 1 saturated heterocycles. The van der Waals surface area contributed by atoms with Gasteiger partial charge in [-0.1, -0.05) is 37.3 Å². The van der Waals surface area contributed by atoms with E-state index in [9.17, 15) is 0 Å². The van der Waals surface area contributed by atoms with Crippen molar-refractivity contribution in [2.45, 2.75) is 38.1 Å². The molecule has 104 valence electrons. The minimum atomic E-state index is 0.742. The Labute approximate surface area is 117 Å². The average Bonchev–Trinajstić information content (AvgIpc) is 3.26. The number of benzene rings is 1. The smallest absolute Gasteiger partial charge is 0.0143 e. The maximum Gasteiger partial charge on any atom is 0.0143 e. The fourth-order valence-corrected chi connectivity index (χ4v) is 3.31. The van der Waals surface area contributed by atoms with Crippen LogP contribution < -0.4 is 5.32 Å². The summed E-state index contributed by atoms with van der Waals surface area (Å²) in [6.07, 6.45) is 4.09. The molecule has 1 aliphatic carbocycles. The first-order chi connectivity index (χ1) is 9.36. The van der Waals surface area contributed by atoms with Crippen molar-refractivity contribution in [1.29, 1.82) is 0 Å². The van der Waals surface area contributed by atoms with E-state index < -0.39 is 0 Å². The summed E-state index contributed by atoms with van der Waals surface area (Å²) in [6.45, 7) is 7.32. The summed E-state index contributed by atoms with van der Waals surface area (Å²) in [5, 5.41) is 3.79. The molecule has 2 aliphatic rings. The van der Waals surface area contributed by atoms with E-state index in [4.69, 9.17) is 0 Å². The van der Waals surface area contributed by atoms with Crippen molar-refractivity contribution in [2.24, 2.45) is 5.92 Å². The van der Waals surface area contributed by atoms with E-state index in [-0.39, 0.29) is 0 Å². The van der Waals surface area contributed by atoms with Gasteiger partial charge in [0, 0.05) is 12.0 Å². The molecule has 19 heavy (non-hydrogen) atoms. The maximum atomic E-state index is 3.79. The fraction of sp³-hybridized carbons (Fsp3) is 0.647. The molecule has 0 bridgehead atoms. The summed E-state index contributed by atoms with van der Waals surface area (Å²) in [5.41, 5.74) is 1.51. The van der Waals surface area contributed by atoms with E-state index in [1.54, 1.807) is 0 Å². The Kier molecular flexibility index (Phi) is 4.19. The Hall–Kier alpha value is -0.860. The Morgan fingerprint density at radius 1 is 1.16 bits per heavy atom. The van der Waals surface area contributed by atoms with Crippen molar-refractivity contribution in [3.8, 4) is 0 Å². The van der Waals surface area contributed by atoms with Crippen molar-refractivity contribution in [2.75, 3.05) is 26.2 Å². The number of hydrogen-bond donors (Lipinski definition) is 1. The molecular formula is C17H26N2. The van der Waals surface area contributed by atoms with E-state index in [1.807, 2.05) is 0 Å². The molecule has 1 aromatic rings. The van der Waals surface area contributed by atoms with Crippen LogP contribution in [-0.4, -0.2) is 37.1 Å². The highest BCUT2D eigenvalue weighted by Gasteiger charge is 2.38. The number of nitrogens with zero attached hydrogens (tertiary/aromatic N) is 1. The van der Waals surface area contributed by atoms with Gasteiger partial charge >= 0.3 is 0 Å². The summed E-state index contributed by atoms with van der Waals surface area (Å²) in [5.74, 6) is 1.68. The SMILES string of the molecule is CCN1CCC(CNC2CC2c2ccccc2)CC1. The highest BCUT2D eigenvalue weighted by atomic mass is 15.1. The van der Waals surface area contributed by atoms with Gasteiger partial charge in [0.2, 0.25) is 0 Å². The quantitative estimate of drug-likeness (QED) is 0.873. The monoisotopic (exact) mass is 258 g/mol. The van der Waals surface area contributed by atoms with Gasteiger partial charge in [0.15, 0.2) is 0 Å². The first-order valence-corrected chi connectivity index (χ1v) is 7.87. The summed E-state index contributed by atoms with van der Waals surface area (Å²) >= 11 is 0. The van der Waals surface area contributed by atoms with Crippen LogP contribution in [0.4, 0.5) is 0 Å². The van der Waals surface area contributed by atoms with Gasteiger partial charge in [-0.15, -0.1) is 0 Å². The van der Waals surface area contributed by atoms with Crippen LogP contribution in [0.1, 0.15) is 37.7 Å². The van der Waals surface area contributed by atoms with Crippen molar-refractivity contribution < 1.29 is 0 Å². The molecule has 1 aliphatic heterocycles. The molecule has 1 saturated carbocycles. The maximum absolute atomic E-state index is 3.79. The minimum Gasteiger partial charge on any atom is -0.313 e. The van der Waals surface area contributed by atoms with Gasteiger partial charge in [0.1, 0.15) is 0 Å². The molecule has 1 N–H and O–H groups in total. The van der Waals surface area contributed by atoms with Crippen LogP contribution in [0.2, 0.25) is 0 Å². The second-order valence-corrected chi connectivity index (χ2v) is 6.15. The lowest BCUT2D eigenvalue weighted by Gasteiger charge is -2.31. The van der Waals surface area contributed by atoms with Crippen LogP contribution in [0, 0.1) is 5.92 Å². The number of piperidine rings is 1. The summed E-state index contributed by atoms with van der Waals surface area (Å²) < 4.78 is 0. The lowest BCUT2D eigenvalue weighted by molar-refractivity contribution is 0.190. The van der Waals surface area contributed by atoms with Crippen LogP contribution >= 0.6 is 0 Å². The Morgan fingerprint density at radius 3 is 2.58 bits per heavy atom. The average molecular weight is 258 g/mol. The van der Waals surface area contributed by atoms with Crippen LogP contribution in [0.15, 0.2) is 30.3 Å². The third-order valence-electron chi connectivity index (χ3n) is 4.84. The predicted octanol–water partition coefficient (Wildman–Crippen LogP) is 2.86. The summed E-state index contributed by atoms with van der Waals surface area (Å²) in [7, 11) is 0. The zero-order chi connectivity index (χ0) is 13.1. The molecule has 2 fully saturated rings. The highest BCUT2D eigenvalue weighted by molar-refractivity contribution is 5.27. The Morgan fingerprint density at radius 2 is 1.89 bits per heavy atom. The molecule has 2 nitrogen and oxygen atoms in total. The zero-order valence-electron chi connectivity index (χ0n) is 12.0. The first kappa shape index (κ1) is 13.1. The number of hydrogen-bond acceptors (Lipinski definition) is 2. The lowest BCUT2D eigenvalue weighted by atomic mass is 9.97. The van der Waals surface area contributed by atoms with Crippen LogP contribution in [0.25, 0.3) is 0 Å². The van der Waals surface area contributed by atoms with Crippen LogP contribution in [0.5, 0.6) is 0 Å². The van der Waals surface area contributed by atoms with Gasteiger partial charge in [-0.25, -0.2) is 0 Å². The number of rotatable bonds is 5. The van der Waals surface area contributed by atoms with Gasteiger partial charge in [0.05, 0.1) is 0 Å². The van der Waals surface area contributed by atoms with Crippen molar-refractivity contribution in [3.05, 3.63) is 35.9 Å². The van der Waals surface area contributed by atoms with Crippen molar-refractivity contribution >= 4 is 0 Å². The van der Waals surface area contributed by atoms with E-state index in [0.717, 1.165) is 17.9 Å². The second-order valence-electron chi connectivity index (χ2n) is 6.15. The molecular weight excluding hydrogens is 232 g/mol. The summed E-state index contributed by atoms with van der Waals surface area (Å²) in [4.78, 5) is 2.57.